The highest BCUT2D eigenvalue weighted by Gasteiger charge is 2.34. The number of piperidine rings is 1. The Morgan fingerprint density at radius 1 is 1.07 bits per heavy atom. The predicted octanol–water partition coefficient (Wildman–Crippen LogP) is 4.47. The SMILES string of the molecule is CC(=O)N1CCC(N2CCC[C@H]2c2cccc(Cc3ccccc3Cl)n2)CC1. The van der Waals surface area contributed by atoms with Crippen LogP contribution in [0.4, 0.5) is 0 Å². The molecule has 0 saturated carbocycles. The average molecular weight is 398 g/mol. The Labute approximate surface area is 172 Å². The fraction of sp³-hybridized carbons (Fsp3) is 0.478. The molecule has 2 saturated heterocycles. The number of pyridine rings is 1. The van der Waals surface area contributed by atoms with Gasteiger partial charge in [-0.05, 0) is 56.0 Å². The van der Waals surface area contributed by atoms with Gasteiger partial charge >= 0.3 is 0 Å². The van der Waals surface area contributed by atoms with E-state index in [1.807, 2.05) is 23.1 Å². The lowest BCUT2D eigenvalue weighted by Gasteiger charge is -2.39. The van der Waals surface area contributed by atoms with Crippen LogP contribution in [0.5, 0.6) is 0 Å². The third kappa shape index (κ3) is 4.23. The topological polar surface area (TPSA) is 36.4 Å². The number of nitrogens with zero attached hydrogens (tertiary/aromatic N) is 3. The van der Waals surface area contributed by atoms with Crippen LogP contribution in [0.25, 0.3) is 0 Å². The first-order valence-corrected chi connectivity index (χ1v) is 10.7. The highest BCUT2D eigenvalue weighted by atomic mass is 35.5. The summed E-state index contributed by atoms with van der Waals surface area (Å²) < 4.78 is 0. The van der Waals surface area contributed by atoms with Gasteiger partial charge in [-0.15, -0.1) is 0 Å². The molecule has 0 radical (unpaired) electrons. The Hall–Kier alpha value is -1.91. The number of carbonyl (C=O) groups is 1. The summed E-state index contributed by atoms with van der Waals surface area (Å²) in [5, 5.41) is 0.800. The molecule has 2 fully saturated rings. The van der Waals surface area contributed by atoms with Gasteiger partial charge in [0.15, 0.2) is 0 Å². The molecule has 1 amide bonds. The van der Waals surface area contributed by atoms with Gasteiger partial charge in [0.25, 0.3) is 0 Å². The van der Waals surface area contributed by atoms with Gasteiger partial charge in [-0.25, -0.2) is 0 Å². The zero-order valence-corrected chi connectivity index (χ0v) is 17.2. The average Bonchev–Trinajstić information content (AvgIpc) is 3.20. The predicted molar refractivity (Wildman–Crippen MR) is 112 cm³/mol. The molecule has 2 aliphatic heterocycles. The first kappa shape index (κ1) is 19.4. The second-order valence-electron chi connectivity index (χ2n) is 7.96. The molecule has 0 bridgehead atoms. The number of rotatable bonds is 4. The maximum absolute atomic E-state index is 11.6. The molecule has 1 aromatic carbocycles. The minimum absolute atomic E-state index is 0.199. The van der Waals surface area contributed by atoms with Gasteiger partial charge in [-0.2, -0.15) is 0 Å². The fourth-order valence-corrected chi connectivity index (χ4v) is 4.88. The minimum atomic E-state index is 0.199. The van der Waals surface area contributed by atoms with E-state index in [1.165, 1.54) is 12.1 Å². The third-order valence-electron chi connectivity index (χ3n) is 6.17. The molecule has 3 heterocycles. The Morgan fingerprint density at radius 2 is 1.86 bits per heavy atom. The van der Waals surface area contributed by atoms with Gasteiger partial charge in [0.1, 0.15) is 0 Å². The maximum atomic E-state index is 11.6. The van der Waals surface area contributed by atoms with Crippen molar-refractivity contribution in [2.75, 3.05) is 19.6 Å². The zero-order valence-electron chi connectivity index (χ0n) is 16.5. The summed E-state index contributed by atoms with van der Waals surface area (Å²) in [4.78, 5) is 21.2. The van der Waals surface area contributed by atoms with E-state index in [9.17, 15) is 4.79 Å². The van der Waals surface area contributed by atoms with E-state index in [0.717, 1.165) is 61.6 Å². The Bertz CT molecular complexity index is 832. The highest BCUT2D eigenvalue weighted by Crippen LogP contribution is 2.35. The van der Waals surface area contributed by atoms with Gasteiger partial charge in [0.2, 0.25) is 5.91 Å². The molecule has 148 valence electrons. The summed E-state index contributed by atoms with van der Waals surface area (Å²) in [6.45, 7) is 4.56. The lowest BCUT2D eigenvalue weighted by atomic mass is 10.0. The number of halogens is 1. The summed E-state index contributed by atoms with van der Waals surface area (Å²) in [6.07, 6.45) is 5.27. The van der Waals surface area contributed by atoms with E-state index >= 15 is 0 Å². The lowest BCUT2D eigenvalue weighted by molar-refractivity contribution is -0.130. The quantitative estimate of drug-likeness (QED) is 0.763. The van der Waals surface area contributed by atoms with Crippen molar-refractivity contribution in [1.82, 2.24) is 14.8 Å². The number of aromatic nitrogens is 1. The van der Waals surface area contributed by atoms with E-state index in [4.69, 9.17) is 16.6 Å². The number of benzene rings is 1. The van der Waals surface area contributed by atoms with Crippen LogP contribution < -0.4 is 0 Å². The summed E-state index contributed by atoms with van der Waals surface area (Å²) >= 11 is 6.34. The van der Waals surface area contributed by atoms with E-state index < -0.39 is 0 Å². The summed E-state index contributed by atoms with van der Waals surface area (Å²) in [7, 11) is 0. The number of amides is 1. The van der Waals surface area contributed by atoms with Gasteiger partial charge in [0, 0.05) is 43.2 Å². The summed E-state index contributed by atoms with van der Waals surface area (Å²) in [5.74, 6) is 0.199. The van der Waals surface area contributed by atoms with Crippen LogP contribution in [0.3, 0.4) is 0 Å². The second kappa shape index (κ2) is 8.62. The van der Waals surface area contributed by atoms with Gasteiger partial charge in [0.05, 0.1) is 11.7 Å². The van der Waals surface area contributed by atoms with Gasteiger partial charge < -0.3 is 4.90 Å². The van der Waals surface area contributed by atoms with Crippen molar-refractivity contribution in [2.24, 2.45) is 0 Å². The largest absolute Gasteiger partial charge is 0.343 e. The van der Waals surface area contributed by atoms with Gasteiger partial charge in [-0.1, -0.05) is 35.9 Å². The zero-order chi connectivity index (χ0) is 19.5. The van der Waals surface area contributed by atoms with Crippen molar-refractivity contribution < 1.29 is 4.79 Å². The van der Waals surface area contributed by atoms with Crippen LogP contribution in [0.15, 0.2) is 42.5 Å². The molecule has 1 atom stereocenters. The number of carbonyl (C=O) groups excluding carboxylic acids is 1. The monoisotopic (exact) mass is 397 g/mol. The Kier molecular flexibility index (Phi) is 5.98. The molecule has 4 nitrogen and oxygen atoms in total. The van der Waals surface area contributed by atoms with Crippen molar-refractivity contribution in [1.29, 1.82) is 0 Å². The van der Waals surface area contributed by atoms with Crippen LogP contribution in [-0.2, 0) is 11.2 Å². The number of hydrogen-bond acceptors (Lipinski definition) is 3. The molecular weight excluding hydrogens is 370 g/mol. The Morgan fingerprint density at radius 3 is 2.61 bits per heavy atom. The molecule has 0 aliphatic carbocycles. The normalized spacial score (nSPS) is 21.2. The second-order valence-corrected chi connectivity index (χ2v) is 8.36. The smallest absolute Gasteiger partial charge is 0.219 e. The van der Waals surface area contributed by atoms with Crippen molar-refractivity contribution in [3.63, 3.8) is 0 Å². The first-order valence-electron chi connectivity index (χ1n) is 10.3. The fourth-order valence-electron chi connectivity index (χ4n) is 4.68. The molecule has 0 N–H and O–H groups in total. The van der Waals surface area contributed by atoms with Crippen LogP contribution in [0.2, 0.25) is 5.02 Å². The molecule has 5 heteroatoms. The van der Waals surface area contributed by atoms with E-state index in [-0.39, 0.29) is 5.91 Å². The molecule has 2 aromatic rings. The van der Waals surface area contributed by atoms with E-state index in [0.29, 0.717) is 12.1 Å². The molecule has 4 rings (SSSR count). The van der Waals surface area contributed by atoms with Crippen molar-refractivity contribution in [3.05, 3.63) is 64.4 Å². The van der Waals surface area contributed by atoms with Crippen LogP contribution in [0.1, 0.15) is 55.6 Å². The Balaban J connectivity index is 1.47. The van der Waals surface area contributed by atoms with Crippen molar-refractivity contribution >= 4 is 17.5 Å². The van der Waals surface area contributed by atoms with E-state index in [1.54, 1.807) is 6.92 Å². The standard InChI is InChI=1S/C23H28ClN3O/c1-17(28)26-14-11-20(12-15-26)27-13-5-10-23(27)22-9-4-7-19(25-22)16-18-6-2-3-8-21(18)24/h2-4,6-9,20,23H,5,10-16H2,1H3/t23-/m0/s1. The number of likely N-dealkylation sites (tertiary alicyclic amines) is 2. The van der Waals surface area contributed by atoms with Gasteiger partial charge in [-0.3, -0.25) is 14.7 Å². The maximum Gasteiger partial charge on any atom is 0.219 e. The molecular formula is C23H28ClN3O. The minimum Gasteiger partial charge on any atom is -0.343 e. The molecule has 28 heavy (non-hydrogen) atoms. The molecule has 1 aromatic heterocycles. The third-order valence-corrected chi connectivity index (χ3v) is 6.54. The van der Waals surface area contributed by atoms with Crippen LogP contribution in [0, 0.1) is 0 Å². The van der Waals surface area contributed by atoms with Crippen molar-refractivity contribution in [2.45, 2.75) is 51.1 Å². The molecule has 0 spiro atoms. The highest BCUT2D eigenvalue weighted by molar-refractivity contribution is 6.31. The van der Waals surface area contributed by atoms with Crippen molar-refractivity contribution in [3.8, 4) is 0 Å². The molecule has 0 unspecified atom stereocenters. The van der Waals surface area contributed by atoms with E-state index in [2.05, 4.69) is 29.2 Å². The summed E-state index contributed by atoms with van der Waals surface area (Å²) in [6, 6.07) is 15.3. The lowest BCUT2D eigenvalue weighted by Crippen LogP contribution is -2.46. The van der Waals surface area contributed by atoms with Crippen LogP contribution in [-0.4, -0.2) is 46.4 Å². The number of hydrogen-bond donors (Lipinski definition) is 0. The summed E-state index contributed by atoms with van der Waals surface area (Å²) in [5.41, 5.74) is 3.37. The first-order chi connectivity index (χ1) is 13.6. The molecule has 2 aliphatic rings. The van der Waals surface area contributed by atoms with Crippen LogP contribution >= 0.6 is 11.6 Å².